The number of amides is 2. The minimum absolute atomic E-state index is 0.00133. The summed E-state index contributed by atoms with van der Waals surface area (Å²) in [4.78, 5) is 29.3. The Kier molecular flexibility index (Phi) is 9.10. The highest BCUT2D eigenvalue weighted by atomic mass is 32.2. The average Bonchev–Trinajstić information content (AvgIpc) is 2.85. The van der Waals surface area contributed by atoms with E-state index in [1.165, 1.54) is 8.61 Å². The molecule has 0 radical (unpaired) electrons. The molecule has 1 aromatic carbocycles. The quantitative estimate of drug-likeness (QED) is 0.533. The second kappa shape index (κ2) is 11.8. The molecular formula is C23H36N4O5S. The molecule has 3 rings (SSSR count). The van der Waals surface area contributed by atoms with Crippen LogP contribution in [-0.4, -0.2) is 97.6 Å². The molecule has 0 bridgehead atoms. The second-order valence-electron chi connectivity index (χ2n) is 8.41. The van der Waals surface area contributed by atoms with Crippen LogP contribution in [0.1, 0.15) is 33.1 Å². The molecule has 0 aromatic heterocycles. The molecule has 33 heavy (non-hydrogen) atoms. The smallest absolute Gasteiger partial charge is 0.282 e. The lowest BCUT2D eigenvalue weighted by Gasteiger charge is -2.39. The third-order valence-corrected chi connectivity index (χ3v) is 8.55. The number of piperazine rings is 1. The molecule has 9 nitrogen and oxygen atoms in total. The molecule has 184 valence electrons. The van der Waals surface area contributed by atoms with Crippen molar-refractivity contribution < 1.29 is 22.7 Å². The zero-order chi connectivity index (χ0) is 23.8. The van der Waals surface area contributed by atoms with Gasteiger partial charge in [-0.25, -0.2) is 0 Å². The maximum Gasteiger partial charge on any atom is 0.282 e. The van der Waals surface area contributed by atoms with E-state index in [4.69, 9.17) is 4.74 Å². The summed E-state index contributed by atoms with van der Waals surface area (Å²) < 4.78 is 34.0. The Balaban J connectivity index is 1.47. The van der Waals surface area contributed by atoms with Crippen molar-refractivity contribution in [1.82, 2.24) is 18.4 Å². The zero-order valence-electron chi connectivity index (χ0n) is 19.7. The number of hydrogen-bond acceptors (Lipinski definition) is 5. The van der Waals surface area contributed by atoms with Gasteiger partial charge in [0.25, 0.3) is 10.2 Å². The highest BCUT2D eigenvalue weighted by molar-refractivity contribution is 7.86. The first-order valence-corrected chi connectivity index (χ1v) is 13.3. The van der Waals surface area contributed by atoms with Gasteiger partial charge in [-0.15, -0.1) is 0 Å². The maximum absolute atomic E-state index is 13.1. The summed E-state index contributed by atoms with van der Waals surface area (Å²) in [6.45, 7) is 7.26. The normalized spacial score (nSPS) is 20.2. The molecule has 0 spiro atoms. The predicted molar refractivity (Wildman–Crippen MR) is 126 cm³/mol. The van der Waals surface area contributed by atoms with Gasteiger partial charge in [0.1, 0.15) is 5.75 Å². The number of benzene rings is 1. The minimum Gasteiger partial charge on any atom is -0.493 e. The highest BCUT2D eigenvalue weighted by Crippen LogP contribution is 2.21. The number of carbonyl (C=O) groups is 2. The summed E-state index contributed by atoms with van der Waals surface area (Å²) in [5.41, 5.74) is 0. The van der Waals surface area contributed by atoms with Crippen molar-refractivity contribution in [3.63, 3.8) is 0 Å². The number of likely N-dealkylation sites (tertiary alicyclic amines) is 1. The Hall–Kier alpha value is -2.17. The molecule has 10 heteroatoms. The van der Waals surface area contributed by atoms with Crippen molar-refractivity contribution in [2.75, 3.05) is 59.0 Å². The molecule has 2 aliphatic rings. The van der Waals surface area contributed by atoms with Crippen LogP contribution in [0, 0.1) is 5.92 Å². The maximum atomic E-state index is 13.1. The van der Waals surface area contributed by atoms with Crippen molar-refractivity contribution in [2.24, 2.45) is 5.92 Å². The fraction of sp³-hybridized carbons (Fsp3) is 0.652. The Morgan fingerprint density at radius 1 is 1.00 bits per heavy atom. The average molecular weight is 481 g/mol. The minimum atomic E-state index is -3.48. The molecule has 1 aromatic rings. The van der Waals surface area contributed by atoms with Gasteiger partial charge in [-0.2, -0.15) is 17.0 Å². The van der Waals surface area contributed by atoms with Crippen LogP contribution in [0.15, 0.2) is 30.3 Å². The molecule has 2 aliphatic heterocycles. The number of para-hydroxylation sites is 1. The van der Waals surface area contributed by atoms with Crippen LogP contribution in [0.4, 0.5) is 0 Å². The lowest BCUT2D eigenvalue weighted by atomic mass is 9.96. The summed E-state index contributed by atoms with van der Waals surface area (Å²) in [6.07, 6.45) is 1.82. The van der Waals surface area contributed by atoms with E-state index < -0.39 is 10.2 Å². The molecule has 1 atom stereocenters. The summed E-state index contributed by atoms with van der Waals surface area (Å²) in [5, 5.41) is 0. The van der Waals surface area contributed by atoms with E-state index in [9.17, 15) is 18.0 Å². The monoisotopic (exact) mass is 480 g/mol. The van der Waals surface area contributed by atoms with Gasteiger partial charge in [-0.05, 0) is 25.0 Å². The molecule has 0 N–H and O–H groups in total. The van der Waals surface area contributed by atoms with Crippen molar-refractivity contribution in [2.45, 2.75) is 33.1 Å². The van der Waals surface area contributed by atoms with Gasteiger partial charge in [0.15, 0.2) is 0 Å². The number of nitrogens with zero attached hydrogens (tertiary/aromatic N) is 4. The first kappa shape index (κ1) is 25.5. The van der Waals surface area contributed by atoms with E-state index >= 15 is 0 Å². The van der Waals surface area contributed by atoms with Crippen molar-refractivity contribution >= 4 is 22.0 Å². The van der Waals surface area contributed by atoms with Crippen LogP contribution < -0.4 is 4.74 Å². The van der Waals surface area contributed by atoms with Gasteiger partial charge in [-0.1, -0.05) is 32.0 Å². The number of piperidine rings is 1. The summed E-state index contributed by atoms with van der Waals surface area (Å²) in [5.74, 6) is 0.523. The first-order chi connectivity index (χ1) is 15.9. The lowest BCUT2D eigenvalue weighted by molar-refractivity contribution is -0.142. The van der Waals surface area contributed by atoms with E-state index in [1.807, 2.05) is 44.2 Å². The van der Waals surface area contributed by atoms with Crippen LogP contribution in [0.3, 0.4) is 0 Å². The molecular weight excluding hydrogens is 444 g/mol. The van der Waals surface area contributed by atoms with Gasteiger partial charge < -0.3 is 14.5 Å². The molecule has 2 amide bonds. The van der Waals surface area contributed by atoms with Crippen LogP contribution in [-0.2, 0) is 19.8 Å². The van der Waals surface area contributed by atoms with E-state index in [0.29, 0.717) is 59.0 Å². The topological polar surface area (TPSA) is 90.5 Å². The Morgan fingerprint density at radius 2 is 1.67 bits per heavy atom. The lowest BCUT2D eigenvalue weighted by Crippen LogP contribution is -2.56. The molecule has 2 saturated heterocycles. The predicted octanol–water partition coefficient (Wildman–Crippen LogP) is 1.42. The van der Waals surface area contributed by atoms with Gasteiger partial charge in [-0.3, -0.25) is 9.59 Å². The fourth-order valence-electron chi connectivity index (χ4n) is 4.45. The largest absolute Gasteiger partial charge is 0.493 e. The third-order valence-electron chi connectivity index (χ3n) is 6.36. The fourth-order valence-corrected chi connectivity index (χ4v) is 6.05. The van der Waals surface area contributed by atoms with E-state index in [0.717, 1.165) is 18.6 Å². The van der Waals surface area contributed by atoms with E-state index in [-0.39, 0.29) is 24.2 Å². The van der Waals surface area contributed by atoms with Crippen LogP contribution >= 0.6 is 0 Å². The molecule has 0 aliphatic carbocycles. The Bertz CT molecular complexity index is 883. The standard InChI is InChI=1S/C23H36N4O5S/c1-3-26(4-2)33(30,31)27-16-14-24(15-17-27)23(29)20-9-8-13-25(19-20)22(28)12-18-32-21-10-6-5-7-11-21/h5-7,10-11,20H,3-4,8-9,12-19H2,1-2H3. The van der Waals surface area contributed by atoms with E-state index in [2.05, 4.69) is 0 Å². The summed E-state index contributed by atoms with van der Waals surface area (Å²) in [7, 11) is -3.48. The van der Waals surface area contributed by atoms with Crippen molar-refractivity contribution in [3.05, 3.63) is 30.3 Å². The number of rotatable bonds is 9. The summed E-state index contributed by atoms with van der Waals surface area (Å²) >= 11 is 0. The van der Waals surface area contributed by atoms with Gasteiger partial charge in [0.2, 0.25) is 11.8 Å². The zero-order valence-corrected chi connectivity index (χ0v) is 20.5. The first-order valence-electron chi connectivity index (χ1n) is 11.9. The van der Waals surface area contributed by atoms with Crippen LogP contribution in [0.2, 0.25) is 0 Å². The molecule has 2 heterocycles. The van der Waals surface area contributed by atoms with Gasteiger partial charge in [0.05, 0.1) is 18.9 Å². The summed E-state index contributed by atoms with van der Waals surface area (Å²) in [6, 6.07) is 9.39. The van der Waals surface area contributed by atoms with Gasteiger partial charge >= 0.3 is 0 Å². The van der Waals surface area contributed by atoms with Gasteiger partial charge in [0, 0.05) is 52.4 Å². The molecule has 2 fully saturated rings. The van der Waals surface area contributed by atoms with Crippen LogP contribution in [0.25, 0.3) is 0 Å². The Morgan fingerprint density at radius 3 is 2.30 bits per heavy atom. The second-order valence-corrected chi connectivity index (χ2v) is 10.3. The van der Waals surface area contributed by atoms with Crippen LogP contribution in [0.5, 0.6) is 5.75 Å². The van der Waals surface area contributed by atoms with Crippen molar-refractivity contribution in [3.8, 4) is 5.75 Å². The van der Waals surface area contributed by atoms with E-state index in [1.54, 1.807) is 9.80 Å². The Labute approximate surface area is 197 Å². The molecule has 1 unspecified atom stereocenters. The number of hydrogen-bond donors (Lipinski definition) is 0. The third kappa shape index (κ3) is 6.45. The van der Waals surface area contributed by atoms with Crippen molar-refractivity contribution in [1.29, 1.82) is 0 Å². The molecule has 0 saturated carbocycles. The number of carbonyl (C=O) groups excluding carboxylic acids is 2. The highest BCUT2D eigenvalue weighted by Gasteiger charge is 2.35. The number of ether oxygens (including phenoxy) is 1. The SMILES string of the molecule is CCN(CC)S(=O)(=O)N1CCN(C(=O)C2CCCN(C(=O)CCOc3ccccc3)C2)CC1.